The van der Waals surface area contributed by atoms with Crippen LogP contribution in [0.25, 0.3) is 0 Å². The van der Waals surface area contributed by atoms with Crippen molar-refractivity contribution in [2.75, 3.05) is 32.9 Å². The normalized spacial score (nSPS) is 15.2. The average molecular weight is 841 g/mol. The Morgan fingerprint density at radius 2 is 1.34 bits per heavy atom. The Balaban J connectivity index is 2.65. The summed E-state index contributed by atoms with van der Waals surface area (Å²) in [6.07, 6.45) is -1.71. The number of nitrogens with one attached hydrogen (secondary N) is 8. The van der Waals surface area contributed by atoms with E-state index in [0.29, 0.717) is 12.8 Å². The number of carboxylic acids is 1. The van der Waals surface area contributed by atoms with E-state index >= 15 is 0 Å². The fourth-order valence-electron chi connectivity index (χ4n) is 4.99. The summed E-state index contributed by atoms with van der Waals surface area (Å²) in [4.78, 5) is 110. The monoisotopic (exact) mass is 840 g/mol. The predicted molar refractivity (Wildman–Crippen MR) is 205 cm³/mol. The first-order valence-electron chi connectivity index (χ1n) is 18.5. The molecule has 59 heavy (non-hydrogen) atoms. The number of carbonyl (C=O) groups excluding carboxylic acids is 8. The van der Waals surface area contributed by atoms with Gasteiger partial charge in [-0.25, -0.2) is 21.7 Å². The van der Waals surface area contributed by atoms with E-state index in [1.807, 2.05) is 0 Å². The first-order chi connectivity index (χ1) is 28.0. The molecule has 17 N–H and O–H groups in total. The van der Waals surface area contributed by atoms with E-state index in [1.54, 1.807) is 30.3 Å². The molecule has 330 valence electrons. The van der Waals surface area contributed by atoms with Crippen LogP contribution in [-0.4, -0.2) is 160 Å². The number of hydrogen-bond donors (Lipinski definition) is 15. The van der Waals surface area contributed by atoms with Crippen LogP contribution in [0.5, 0.6) is 0 Å². The zero-order valence-corrected chi connectivity index (χ0v) is 32.4. The fraction of sp³-hybridized carbons (Fsp3) is 0.571. The zero-order chi connectivity index (χ0) is 44.5. The second-order valence-electron chi connectivity index (χ2n) is 13.2. The highest BCUT2D eigenvalue weighted by Gasteiger charge is 2.35. The molecule has 8 atom stereocenters. The topological polar surface area (TPSA) is 403 Å². The van der Waals surface area contributed by atoms with Crippen LogP contribution in [0, 0.1) is 0 Å². The quantitative estimate of drug-likeness (QED) is 0.0139. The van der Waals surface area contributed by atoms with Gasteiger partial charge in [0.1, 0.15) is 48.6 Å². The number of hydrogen-bond acceptors (Lipinski definition) is 18. The van der Waals surface area contributed by atoms with Crippen molar-refractivity contribution in [3.05, 3.63) is 35.9 Å². The minimum absolute atomic E-state index is 0.167. The van der Waals surface area contributed by atoms with Gasteiger partial charge in [-0.15, -0.1) is 0 Å². The maximum Gasteiger partial charge on any atom is 0.322 e. The van der Waals surface area contributed by atoms with Crippen molar-refractivity contribution < 1.29 is 68.7 Å². The molecule has 0 spiro atoms. The second kappa shape index (κ2) is 28.2. The number of nitrogens with two attached hydrogens (primary N) is 2. The number of carbonyl (C=O) groups is 9. The molecule has 0 fully saturated rings. The van der Waals surface area contributed by atoms with Gasteiger partial charge < -0.3 is 63.1 Å². The maximum absolute atomic E-state index is 13.0. The minimum atomic E-state index is -1.79. The molecular weight excluding hydrogens is 784 g/mol. The molecule has 5 amide bonds. The fourth-order valence-corrected chi connectivity index (χ4v) is 4.99. The smallest absolute Gasteiger partial charge is 0.322 e. The number of unbranched alkanes of at least 4 members (excludes halogenated alkanes) is 1. The molecular formula is C35H56N10O14. The van der Waals surface area contributed by atoms with Gasteiger partial charge in [0.05, 0.1) is 32.3 Å². The van der Waals surface area contributed by atoms with E-state index in [0.717, 1.165) is 12.5 Å². The number of carboxylic acid groups (broad SMARTS) is 1. The Kier molecular flexibility index (Phi) is 24.7. The lowest BCUT2D eigenvalue weighted by molar-refractivity contribution is -0.142. The molecule has 0 aliphatic carbocycles. The molecule has 1 aromatic carbocycles. The van der Waals surface area contributed by atoms with Gasteiger partial charge in [0.25, 0.3) is 0 Å². The van der Waals surface area contributed by atoms with Gasteiger partial charge in [-0.3, -0.25) is 38.4 Å². The highest BCUT2D eigenvalue weighted by molar-refractivity contribution is 6.41. The van der Waals surface area contributed by atoms with Gasteiger partial charge in [-0.05, 0) is 31.7 Å². The molecule has 0 aromatic heterocycles. The van der Waals surface area contributed by atoms with E-state index in [-0.39, 0.29) is 38.6 Å². The van der Waals surface area contributed by atoms with Crippen LogP contribution >= 0.6 is 0 Å². The van der Waals surface area contributed by atoms with Crippen LogP contribution in [0.1, 0.15) is 44.6 Å². The molecule has 1 aromatic rings. The van der Waals surface area contributed by atoms with Crippen molar-refractivity contribution in [3.63, 3.8) is 0 Å². The number of hydrazine groups is 2. The molecule has 0 saturated heterocycles. The minimum Gasteiger partial charge on any atom is -0.480 e. The van der Waals surface area contributed by atoms with E-state index in [2.05, 4.69) is 43.0 Å². The van der Waals surface area contributed by atoms with Crippen LogP contribution in [0.4, 0.5) is 0 Å². The maximum atomic E-state index is 13.0. The molecule has 1 rings (SSSR count). The van der Waals surface area contributed by atoms with E-state index < -0.39 is 122 Å². The molecule has 0 aliphatic heterocycles. The number of aliphatic hydroxyl groups excluding tert-OH is 4. The average Bonchev–Trinajstić information content (AvgIpc) is 3.20. The highest BCUT2D eigenvalue weighted by Crippen LogP contribution is 2.05. The number of amides is 5. The largest absolute Gasteiger partial charge is 0.480 e. The lowest BCUT2D eigenvalue weighted by Crippen LogP contribution is -2.62. The second-order valence-corrected chi connectivity index (χ2v) is 13.2. The molecule has 0 bridgehead atoms. The van der Waals surface area contributed by atoms with E-state index in [1.165, 1.54) is 0 Å². The van der Waals surface area contributed by atoms with Crippen LogP contribution < -0.4 is 54.4 Å². The number of aliphatic carboxylic acids is 1. The first-order valence-corrected chi connectivity index (χ1v) is 18.5. The number of aliphatic hydroxyl groups is 4. The summed E-state index contributed by atoms with van der Waals surface area (Å²) in [5, 5.41) is 57.9. The Bertz CT molecular complexity index is 1550. The van der Waals surface area contributed by atoms with Gasteiger partial charge in [-0.2, -0.15) is 0 Å². The standard InChI is InChI=1S/C35H56N10O14/c1-19(50)29(45-43-25(14-27(37)51)34(57)40-21(15-46)16-47)31(54)30(53)26(18-49)44-42-23(35(58)59)9-10-28(52)38-11-5-6-12-39-33(56)24(41-32(55)22(36)17-48)13-20-7-3-2-4-8-20/h2-4,7-8,15,19,21-26,29,42-45,47-50H,5-6,9-14,16-18,36H2,1H3,(H2,37,51)(H,38,52)(H,39,56)(H,40,57)(H,41,55)(H,58,59)/t19-,21-,22?,23?,24?,25+,26+,29+/m1/s1. The summed E-state index contributed by atoms with van der Waals surface area (Å²) in [6.45, 7) is -0.959. The number of Topliss-reactive ketones (excluding diaryl/α,β-unsaturated/α-hetero) is 2. The van der Waals surface area contributed by atoms with Crippen LogP contribution in [-0.2, 0) is 49.6 Å². The van der Waals surface area contributed by atoms with Gasteiger partial charge in [0.15, 0.2) is 0 Å². The third-order valence-corrected chi connectivity index (χ3v) is 8.39. The van der Waals surface area contributed by atoms with Crippen molar-refractivity contribution in [2.24, 2.45) is 11.5 Å². The van der Waals surface area contributed by atoms with Crippen molar-refractivity contribution in [1.82, 2.24) is 43.0 Å². The molecule has 0 saturated carbocycles. The Morgan fingerprint density at radius 3 is 1.88 bits per heavy atom. The summed E-state index contributed by atoms with van der Waals surface area (Å²) in [7, 11) is 0. The van der Waals surface area contributed by atoms with Gasteiger partial charge in [0, 0.05) is 25.9 Å². The molecule has 3 unspecified atom stereocenters. The molecule has 0 heterocycles. The van der Waals surface area contributed by atoms with Crippen LogP contribution in [0.3, 0.4) is 0 Å². The Morgan fingerprint density at radius 1 is 0.729 bits per heavy atom. The van der Waals surface area contributed by atoms with Crippen LogP contribution in [0.15, 0.2) is 30.3 Å². The lowest BCUT2D eigenvalue weighted by atomic mass is 10.0. The van der Waals surface area contributed by atoms with Gasteiger partial charge in [-0.1, -0.05) is 30.3 Å². The first kappa shape index (κ1) is 51.7. The third kappa shape index (κ3) is 19.8. The summed E-state index contributed by atoms with van der Waals surface area (Å²) >= 11 is 0. The zero-order valence-electron chi connectivity index (χ0n) is 32.4. The number of aldehydes is 1. The van der Waals surface area contributed by atoms with Crippen molar-refractivity contribution >= 4 is 53.4 Å². The lowest BCUT2D eigenvalue weighted by Gasteiger charge is -2.26. The third-order valence-electron chi connectivity index (χ3n) is 8.39. The van der Waals surface area contributed by atoms with E-state index in [9.17, 15) is 63.6 Å². The number of rotatable bonds is 32. The summed E-state index contributed by atoms with van der Waals surface area (Å²) in [5.74, 6) is -7.88. The molecule has 0 aliphatic rings. The Hall–Kier alpha value is -5.31. The molecule has 0 radical (unpaired) electrons. The van der Waals surface area contributed by atoms with Gasteiger partial charge in [0.2, 0.25) is 41.1 Å². The van der Waals surface area contributed by atoms with Gasteiger partial charge >= 0.3 is 5.97 Å². The summed E-state index contributed by atoms with van der Waals surface area (Å²) in [5.41, 5.74) is 20.5. The SMILES string of the molecule is C[C@@H](O)[C@H](NN[C@@H](CC(N)=O)C(=O)N[C@H](C=O)CO)C(=O)C(=O)[C@H](CO)NNC(CCC(=O)NCCCCNC(=O)C(Cc1ccccc1)NC(=O)C(N)CO)C(=O)O. The molecule has 24 nitrogen and oxygen atoms in total. The highest BCUT2D eigenvalue weighted by atomic mass is 16.4. The predicted octanol–water partition coefficient (Wildman–Crippen LogP) is -7.36. The number of ketones is 2. The number of benzene rings is 1. The van der Waals surface area contributed by atoms with Crippen molar-refractivity contribution in [1.29, 1.82) is 0 Å². The summed E-state index contributed by atoms with van der Waals surface area (Å²) in [6, 6.07) is -1.19. The number of primary amides is 1. The Labute approximate surface area is 338 Å². The van der Waals surface area contributed by atoms with Crippen LogP contribution in [0.2, 0.25) is 0 Å². The van der Waals surface area contributed by atoms with Crippen molar-refractivity contribution in [3.8, 4) is 0 Å². The summed E-state index contributed by atoms with van der Waals surface area (Å²) < 4.78 is 0. The van der Waals surface area contributed by atoms with Crippen molar-refractivity contribution in [2.45, 2.75) is 93.8 Å². The van der Waals surface area contributed by atoms with E-state index in [4.69, 9.17) is 16.6 Å². The molecule has 24 heteroatoms.